The third-order valence-corrected chi connectivity index (χ3v) is 6.64. The average Bonchev–Trinajstić information content (AvgIpc) is 3.42. The molecule has 2 amide bonds. The van der Waals surface area contributed by atoms with Crippen molar-refractivity contribution in [1.29, 1.82) is 0 Å². The van der Waals surface area contributed by atoms with Crippen LogP contribution < -0.4 is 5.32 Å². The van der Waals surface area contributed by atoms with Gasteiger partial charge in [0.25, 0.3) is 0 Å². The molecule has 0 radical (unpaired) electrons. The molecule has 144 valence electrons. The van der Waals surface area contributed by atoms with Gasteiger partial charge < -0.3 is 14.8 Å². The molecule has 0 bridgehead atoms. The van der Waals surface area contributed by atoms with Crippen LogP contribution in [0.5, 0.6) is 0 Å². The molecule has 2 heterocycles. The Morgan fingerprint density at radius 1 is 1.07 bits per heavy atom. The molecule has 0 unspecified atom stereocenters. The van der Waals surface area contributed by atoms with Crippen LogP contribution in [0.3, 0.4) is 0 Å². The molecule has 4 rings (SSSR count). The first-order valence-electron chi connectivity index (χ1n) is 9.98. The molecular weight excluding hydrogens is 358 g/mol. The number of hydrogen-bond acceptors (Lipinski definition) is 3. The van der Waals surface area contributed by atoms with Crippen molar-refractivity contribution >= 4 is 34.5 Å². The summed E-state index contributed by atoms with van der Waals surface area (Å²) in [7, 11) is 0. The van der Waals surface area contributed by atoms with Crippen LogP contribution in [-0.4, -0.2) is 46.2 Å². The zero-order valence-corrected chi connectivity index (χ0v) is 16.5. The van der Waals surface area contributed by atoms with E-state index in [4.69, 9.17) is 0 Å². The van der Waals surface area contributed by atoms with E-state index in [0.717, 1.165) is 54.6 Å². The second-order valence-electron chi connectivity index (χ2n) is 7.56. The number of fused-ring (bicyclic) bond motifs is 1. The molecule has 2 aliphatic rings. The normalized spacial score (nSPS) is 17.7. The summed E-state index contributed by atoms with van der Waals surface area (Å²) in [5.41, 5.74) is 1.06. The van der Waals surface area contributed by atoms with E-state index in [9.17, 15) is 9.59 Å². The van der Waals surface area contributed by atoms with E-state index < -0.39 is 0 Å². The van der Waals surface area contributed by atoms with Crippen molar-refractivity contribution < 1.29 is 9.59 Å². The first-order valence-corrected chi connectivity index (χ1v) is 11.0. The standard InChI is InChI=1S/C21H27N3O2S/c25-20(22-16-7-1-2-8-16)15-27-19-13-24(18-10-4-3-9-17(18)19)14-21(26)23-11-5-6-12-23/h3-4,9-10,13,16H,1-2,5-8,11-12,14-15H2,(H,22,25). The quantitative estimate of drug-likeness (QED) is 0.775. The van der Waals surface area contributed by atoms with Gasteiger partial charge in [0.05, 0.1) is 5.75 Å². The molecule has 27 heavy (non-hydrogen) atoms. The number of carbonyl (C=O) groups is 2. The molecule has 0 atom stereocenters. The minimum absolute atomic E-state index is 0.108. The second-order valence-corrected chi connectivity index (χ2v) is 8.58. The van der Waals surface area contributed by atoms with Crippen molar-refractivity contribution in [2.24, 2.45) is 0 Å². The molecule has 6 heteroatoms. The summed E-state index contributed by atoms with van der Waals surface area (Å²) in [5, 5.41) is 4.26. The third-order valence-electron chi connectivity index (χ3n) is 5.60. The maximum Gasteiger partial charge on any atom is 0.242 e. The Bertz CT molecular complexity index is 820. The van der Waals surface area contributed by atoms with Gasteiger partial charge in [0.15, 0.2) is 0 Å². The Morgan fingerprint density at radius 3 is 2.59 bits per heavy atom. The lowest BCUT2D eigenvalue weighted by atomic mass is 10.2. The Balaban J connectivity index is 1.44. The van der Waals surface area contributed by atoms with Crippen LogP contribution in [-0.2, 0) is 16.1 Å². The molecular formula is C21H27N3O2S. The highest BCUT2D eigenvalue weighted by molar-refractivity contribution is 8.00. The molecule has 2 fully saturated rings. The van der Waals surface area contributed by atoms with Crippen LogP contribution in [0.2, 0.25) is 0 Å². The van der Waals surface area contributed by atoms with Gasteiger partial charge in [-0.3, -0.25) is 9.59 Å². The van der Waals surface area contributed by atoms with Crippen molar-refractivity contribution in [2.75, 3.05) is 18.8 Å². The molecule has 1 saturated heterocycles. The van der Waals surface area contributed by atoms with E-state index in [1.54, 1.807) is 11.8 Å². The van der Waals surface area contributed by atoms with Crippen molar-refractivity contribution in [2.45, 2.75) is 56.0 Å². The Labute approximate surface area is 164 Å². The lowest BCUT2D eigenvalue weighted by Crippen LogP contribution is -2.33. The fraction of sp³-hybridized carbons (Fsp3) is 0.524. The maximum atomic E-state index is 12.6. The van der Waals surface area contributed by atoms with E-state index in [0.29, 0.717) is 18.3 Å². The van der Waals surface area contributed by atoms with Crippen LogP contribution in [0.25, 0.3) is 10.9 Å². The molecule has 1 aromatic heterocycles. The molecule has 5 nitrogen and oxygen atoms in total. The number of likely N-dealkylation sites (tertiary alicyclic amines) is 1. The Kier molecular flexibility index (Phi) is 5.72. The fourth-order valence-corrected chi connectivity index (χ4v) is 5.05. The summed E-state index contributed by atoms with van der Waals surface area (Å²) in [6, 6.07) is 8.49. The predicted octanol–water partition coefficient (Wildman–Crippen LogP) is 3.41. The predicted molar refractivity (Wildman–Crippen MR) is 109 cm³/mol. The number of hydrogen-bond donors (Lipinski definition) is 1. The highest BCUT2D eigenvalue weighted by atomic mass is 32.2. The molecule has 1 aromatic carbocycles. The van der Waals surface area contributed by atoms with E-state index >= 15 is 0 Å². The van der Waals surface area contributed by atoms with E-state index in [2.05, 4.69) is 17.4 Å². The first-order chi connectivity index (χ1) is 13.2. The Morgan fingerprint density at radius 2 is 1.81 bits per heavy atom. The van der Waals surface area contributed by atoms with Gasteiger partial charge in [-0.15, -0.1) is 11.8 Å². The molecule has 2 aromatic rings. The smallest absolute Gasteiger partial charge is 0.242 e. The van der Waals surface area contributed by atoms with Gasteiger partial charge in [-0.2, -0.15) is 0 Å². The van der Waals surface area contributed by atoms with E-state index in [1.165, 1.54) is 12.8 Å². The zero-order valence-electron chi connectivity index (χ0n) is 15.7. The Hall–Kier alpha value is -1.95. The van der Waals surface area contributed by atoms with E-state index in [-0.39, 0.29) is 11.8 Å². The molecule has 0 spiro atoms. The van der Waals surface area contributed by atoms with Gasteiger partial charge >= 0.3 is 0 Å². The SMILES string of the molecule is O=C(CSc1cn(CC(=O)N2CCCC2)c2ccccc12)NC1CCCC1. The monoisotopic (exact) mass is 385 g/mol. The highest BCUT2D eigenvalue weighted by Gasteiger charge is 2.20. The average molecular weight is 386 g/mol. The van der Waals surface area contributed by atoms with Crippen LogP contribution in [0, 0.1) is 0 Å². The lowest BCUT2D eigenvalue weighted by Gasteiger charge is -2.15. The van der Waals surface area contributed by atoms with Crippen LogP contribution in [0.4, 0.5) is 0 Å². The molecule has 1 N–H and O–H groups in total. The molecule has 1 aliphatic carbocycles. The molecule has 1 saturated carbocycles. The summed E-state index contributed by atoms with van der Waals surface area (Å²) in [6.07, 6.45) is 8.90. The van der Waals surface area contributed by atoms with Crippen LogP contribution in [0.1, 0.15) is 38.5 Å². The number of rotatable bonds is 6. The van der Waals surface area contributed by atoms with Crippen molar-refractivity contribution in [3.8, 4) is 0 Å². The zero-order chi connectivity index (χ0) is 18.6. The number of benzene rings is 1. The number of para-hydroxylation sites is 1. The van der Waals surface area contributed by atoms with Crippen molar-refractivity contribution in [1.82, 2.24) is 14.8 Å². The number of thioether (sulfide) groups is 1. The minimum atomic E-state index is 0.108. The van der Waals surface area contributed by atoms with Crippen molar-refractivity contribution in [3.63, 3.8) is 0 Å². The van der Waals surface area contributed by atoms with Gasteiger partial charge in [0.1, 0.15) is 6.54 Å². The van der Waals surface area contributed by atoms with Gasteiger partial charge in [-0.25, -0.2) is 0 Å². The number of carbonyl (C=O) groups excluding carboxylic acids is 2. The number of nitrogens with one attached hydrogen (secondary N) is 1. The number of aromatic nitrogens is 1. The van der Waals surface area contributed by atoms with Gasteiger partial charge in [0, 0.05) is 41.1 Å². The topological polar surface area (TPSA) is 54.3 Å². The number of amides is 2. The van der Waals surface area contributed by atoms with Gasteiger partial charge in [-0.1, -0.05) is 31.0 Å². The summed E-state index contributed by atoms with van der Waals surface area (Å²) in [6.45, 7) is 2.12. The molecule has 1 aliphatic heterocycles. The highest BCUT2D eigenvalue weighted by Crippen LogP contribution is 2.30. The van der Waals surface area contributed by atoms with Crippen LogP contribution in [0.15, 0.2) is 35.4 Å². The van der Waals surface area contributed by atoms with E-state index in [1.807, 2.05) is 27.8 Å². The van der Waals surface area contributed by atoms with Gasteiger partial charge in [-0.05, 0) is 31.7 Å². The lowest BCUT2D eigenvalue weighted by molar-refractivity contribution is -0.130. The van der Waals surface area contributed by atoms with Gasteiger partial charge in [0.2, 0.25) is 11.8 Å². The summed E-state index contributed by atoms with van der Waals surface area (Å²) in [5.74, 6) is 0.713. The summed E-state index contributed by atoms with van der Waals surface area (Å²) in [4.78, 5) is 27.9. The largest absolute Gasteiger partial charge is 0.353 e. The number of nitrogens with zero attached hydrogens (tertiary/aromatic N) is 2. The second kappa shape index (κ2) is 8.38. The summed E-state index contributed by atoms with van der Waals surface area (Å²) >= 11 is 1.56. The van der Waals surface area contributed by atoms with Crippen LogP contribution >= 0.6 is 11.8 Å². The minimum Gasteiger partial charge on any atom is -0.353 e. The third kappa shape index (κ3) is 4.32. The summed E-state index contributed by atoms with van der Waals surface area (Å²) < 4.78 is 2.03. The maximum absolute atomic E-state index is 12.6. The fourth-order valence-electron chi connectivity index (χ4n) is 4.15. The van der Waals surface area contributed by atoms with Crippen molar-refractivity contribution in [3.05, 3.63) is 30.5 Å². The first kappa shape index (κ1) is 18.4.